The second-order valence-electron chi connectivity index (χ2n) is 7.13. The van der Waals surface area contributed by atoms with Gasteiger partial charge in [0, 0.05) is 12.6 Å². The second kappa shape index (κ2) is 6.76. The third-order valence-electron chi connectivity index (χ3n) is 4.17. The van der Waals surface area contributed by atoms with Gasteiger partial charge < -0.3 is 14.4 Å². The lowest BCUT2D eigenvalue weighted by atomic mass is 9.91. The van der Waals surface area contributed by atoms with E-state index in [2.05, 4.69) is 0 Å². The molecule has 7 heteroatoms. The number of hydrogen-bond donors (Lipinski definition) is 0. The van der Waals surface area contributed by atoms with Gasteiger partial charge in [-0.1, -0.05) is 6.92 Å². The van der Waals surface area contributed by atoms with Crippen LogP contribution in [0.1, 0.15) is 47.0 Å². The summed E-state index contributed by atoms with van der Waals surface area (Å²) in [6.07, 6.45) is 1.58. The molecule has 23 heavy (non-hydrogen) atoms. The Bertz CT molecular complexity index is 485. The summed E-state index contributed by atoms with van der Waals surface area (Å²) in [4.78, 5) is 39.3. The molecule has 130 valence electrons. The number of nitrogens with zero attached hydrogens (tertiary/aromatic N) is 2. The number of hydrogen-bond acceptors (Lipinski definition) is 5. The van der Waals surface area contributed by atoms with Gasteiger partial charge in [0.2, 0.25) is 5.91 Å². The predicted molar refractivity (Wildman–Crippen MR) is 82.8 cm³/mol. The van der Waals surface area contributed by atoms with E-state index in [1.807, 2.05) is 20.8 Å². The van der Waals surface area contributed by atoms with Gasteiger partial charge in [-0.05, 0) is 40.0 Å². The predicted octanol–water partition coefficient (Wildman–Crippen LogP) is 2.39. The van der Waals surface area contributed by atoms with Crippen LogP contribution >= 0.6 is 0 Å². The van der Waals surface area contributed by atoms with E-state index in [0.29, 0.717) is 6.54 Å². The number of likely N-dealkylation sites (tertiary alicyclic amines) is 1. The first-order valence-corrected chi connectivity index (χ1v) is 8.18. The van der Waals surface area contributed by atoms with Gasteiger partial charge in [0.1, 0.15) is 12.2 Å². The van der Waals surface area contributed by atoms with Gasteiger partial charge in [-0.25, -0.2) is 14.5 Å². The lowest BCUT2D eigenvalue weighted by Gasteiger charge is -2.39. The highest BCUT2D eigenvalue weighted by molar-refractivity contribution is 5.94. The van der Waals surface area contributed by atoms with Crippen molar-refractivity contribution < 1.29 is 23.9 Å². The van der Waals surface area contributed by atoms with Crippen LogP contribution in [0.4, 0.5) is 9.59 Å². The molecule has 0 aliphatic carbocycles. The van der Waals surface area contributed by atoms with Gasteiger partial charge in [-0.2, -0.15) is 0 Å². The highest BCUT2D eigenvalue weighted by Gasteiger charge is 2.40. The summed E-state index contributed by atoms with van der Waals surface area (Å²) in [6.45, 7) is 8.30. The Labute approximate surface area is 136 Å². The maximum Gasteiger partial charge on any atom is 0.416 e. The lowest BCUT2D eigenvalue weighted by molar-refractivity contribution is -0.134. The molecule has 0 aromatic rings. The molecule has 2 aliphatic rings. The zero-order valence-corrected chi connectivity index (χ0v) is 14.3. The van der Waals surface area contributed by atoms with Crippen LogP contribution in [0.15, 0.2) is 0 Å². The van der Waals surface area contributed by atoms with E-state index < -0.39 is 23.7 Å². The van der Waals surface area contributed by atoms with E-state index in [0.717, 1.165) is 24.2 Å². The van der Waals surface area contributed by atoms with Crippen molar-refractivity contribution in [2.45, 2.75) is 58.6 Å². The Morgan fingerprint density at radius 1 is 1.26 bits per heavy atom. The molecule has 0 N–H and O–H groups in total. The molecule has 0 bridgehead atoms. The third-order valence-corrected chi connectivity index (χ3v) is 4.17. The van der Waals surface area contributed by atoms with Crippen LogP contribution in [0, 0.1) is 5.92 Å². The second-order valence-corrected chi connectivity index (χ2v) is 7.13. The molecule has 2 rings (SSSR count). The molecule has 3 amide bonds. The minimum absolute atomic E-state index is 0.234. The standard InChI is InChI=1S/C16H26N2O5/c1-11(13(19)18-9-10-22-14(18)20)12-7-5-6-8-17(12)15(21)23-16(2,3)4/h11-12H,5-10H2,1-4H3/t11-,12-/m0/s1. The quantitative estimate of drug-likeness (QED) is 0.779. The van der Waals surface area contributed by atoms with Crippen molar-refractivity contribution in [1.82, 2.24) is 9.80 Å². The van der Waals surface area contributed by atoms with Gasteiger partial charge in [0.25, 0.3) is 0 Å². The van der Waals surface area contributed by atoms with Crippen LogP contribution in [-0.2, 0) is 14.3 Å². The average molecular weight is 326 g/mol. The molecule has 0 spiro atoms. The first-order valence-electron chi connectivity index (χ1n) is 8.18. The van der Waals surface area contributed by atoms with Crippen LogP contribution in [0.2, 0.25) is 0 Å². The molecule has 0 radical (unpaired) electrons. The maximum atomic E-state index is 12.6. The molecule has 0 unspecified atom stereocenters. The van der Waals surface area contributed by atoms with E-state index in [-0.39, 0.29) is 25.1 Å². The number of piperidine rings is 1. The minimum atomic E-state index is -0.596. The van der Waals surface area contributed by atoms with Gasteiger partial charge in [-0.15, -0.1) is 0 Å². The third kappa shape index (κ3) is 4.14. The first-order chi connectivity index (χ1) is 10.7. The highest BCUT2D eigenvalue weighted by atomic mass is 16.6. The largest absolute Gasteiger partial charge is 0.447 e. The van der Waals surface area contributed by atoms with Gasteiger partial charge >= 0.3 is 12.2 Å². The van der Waals surface area contributed by atoms with E-state index in [1.54, 1.807) is 11.8 Å². The maximum absolute atomic E-state index is 12.6. The van der Waals surface area contributed by atoms with Crippen molar-refractivity contribution in [3.05, 3.63) is 0 Å². The number of imide groups is 1. The summed E-state index contributed by atoms with van der Waals surface area (Å²) in [6, 6.07) is -0.250. The fraction of sp³-hybridized carbons (Fsp3) is 0.812. The number of rotatable bonds is 2. The molecule has 2 atom stereocenters. The van der Waals surface area contributed by atoms with Crippen LogP contribution < -0.4 is 0 Å². The molecular formula is C16H26N2O5. The average Bonchev–Trinajstić information content (AvgIpc) is 2.90. The van der Waals surface area contributed by atoms with E-state index in [4.69, 9.17) is 9.47 Å². The van der Waals surface area contributed by atoms with Gasteiger partial charge in [-0.3, -0.25) is 4.79 Å². The van der Waals surface area contributed by atoms with Gasteiger partial charge in [0.15, 0.2) is 0 Å². The monoisotopic (exact) mass is 326 g/mol. The van der Waals surface area contributed by atoms with Crippen molar-refractivity contribution in [1.29, 1.82) is 0 Å². The molecule has 7 nitrogen and oxygen atoms in total. The SMILES string of the molecule is C[C@H](C(=O)N1CCOC1=O)[C@@H]1CCCCN1C(=O)OC(C)(C)C. The fourth-order valence-corrected chi connectivity index (χ4v) is 3.03. The van der Waals surface area contributed by atoms with E-state index in [9.17, 15) is 14.4 Å². The summed E-state index contributed by atoms with van der Waals surface area (Å²) >= 11 is 0. The van der Waals surface area contributed by atoms with Crippen molar-refractivity contribution >= 4 is 18.1 Å². The summed E-state index contributed by atoms with van der Waals surface area (Å²) in [5, 5.41) is 0. The summed E-state index contributed by atoms with van der Waals surface area (Å²) < 4.78 is 10.3. The summed E-state index contributed by atoms with van der Waals surface area (Å²) in [7, 11) is 0. The Balaban J connectivity index is 2.09. The molecule has 0 aromatic heterocycles. The first kappa shape index (κ1) is 17.6. The normalized spacial score (nSPS) is 23.5. The number of ether oxygens (including phenoxy) is 2. The zero-order chi connectivity index (χ0) is 17.2. The molecule has 2 saturated heterocycles. The zero-order valence-electron chi connectivity index (χ0n) is 14.3. The van der Waals surface area contributed by atoms with Crippen LogP contribution in [0.25, 0.3) is 0 Å². The van der Waals surface area contributed by atoms with Crippen molar-refractivity contribution in [2.75, 3.05) is 19.7 Å². The Kier molecular flexibility index (Phi) is 5.16. The number of cyclic esters (lactones) is 1. The van der Waals surface area contributed by atoms with Crippen LogP contribution in [0.3, 0.4) is 0 Å². The number of carbonyl (C=O) groups is 3. The van der Waals surface area contributed by atoms with E-state index >= 15 is 0 Å². The number of amides is 3. The Morgan fingerprint density at radius 2 is 1.96 bits per heavy atom. The summed E-state index contributed by atoms with van der Waals surface area (Å²) in [5.41, 5.74) is -0.578. The lowest BCUT2D eigenvalue weighted by Crippen LogP contribution is -2.52. The minimum Gasteiger partial charge on any atom is -0.447 e. The van der Waals surface area contributed by atoms with Gasteiger partial charge in [0.05, 0.1) is 12.5 Å². The molecule has 0 saturated carbocycles. The fourth-order valence-electron chi connectivity index (χ4n) is 3.03. The molecular weight excluding hydrogens is 300 g/mol. The van der Waals surface area contributed by atoms with Crippen LogP contribution in [-0.4, -0.2) is 59.2 Å². The smallest absolute Gasteiger partial charge is 0.416 e. The number of carbonyl (C=O) groups excluding carboxylic acids is 3. The van der Waals surface area contributed by atoms with Crippen LogP contribution in [0.5, 0.6) is 0 Å². The van der Waals surface area contributed by atoms with Crippen molar-refractivity contribution in [3.8, 4) is 0 Å². The topological polar surface area (TPSA) is 76.2 Å². The Hall–Kier alpha value is -1.79. The van der Waals surface area contributed by atoms with Crippen molar-refractivity contribution in [3.63, 3.8) is 0 Å². The molecule has 2 aliphatic heterocycles. The summed E-state index contributed by atoms with van der Waals surface area (Å²) in [5.74, 6) is -0.749. The molecule has 2 fully saturated rings. The Morgan fingerprint density at radius 3 is 2.52 bits per heavy atom. The van der Waals surface area contributed by atoms with E-state index in [1.165, 1.54) is 0 Å². The molecule has 0 aromatic carbocycles. The van der Waals surface area contributed by atoms with Crippen molar-refractivity contribution in [2.24, 2.45) is 5.92 Å². The molecule has 2 heterocycles. The highest BCUT2D eigenvalue weighted by Crippen LogP contribution is 2.27.